The van der Waals surface area contributed by atoms with Crippen LogP contribution in [-0.2, 0) is 24.2 Å². The molecule has 1 atom stereocenters. The van der Waals surface area contributed by atoms with E-state index < -0.39 is 0 Å². The fraction of sp³-hybridized carbons (Fsp3) is 0.522. The smallest absolute Gasteiger partial charge is 0.227 e. The zero-order valence-electron chi connectivity index (χ0n) is 18.0. The number of likely N-dealkylation sites (N-methyl/N-ethyl adjacent to an activating group) is 1. The van der Waals surface area contributed by atoms with Gasteiger partial charge in [0.2, 0.25) is 5.91 Å². The average molecular weight is 394 g/mol. The number of amides is 1. The lowest BCUT2D eigenvalue weighted by Gasteiger charge is -2.26. The normalized spacial score (nSPS) is 19.3. The van der Waals surface area contributed by atoms with Gasteiger partial charge in [-0.3, -0.25) is 4.79 Å². The Morgan fingerprint density at radius 3 is 2.79 bits per heavy atom. The summed E-state index contributed by atoms with van der Waals surface area (Å²) < 4.78 is 0. The summed E-state index contributed by atoms with van der Waals surface area (Å²) in [6.45, 7) is 7.61. The Balaban J connectivity index is 1.46. The van der Waals surface area contributed by atoms with Crippen LogP contribution in [0, 0.1) is 13.8 Å². The molecule has 0 radical (unpaired) electrons. The monoisotopic (exact) mass is 393 g/mol. The van der Waals surface area contributed by atoms with E-state index in [2.05, 4.69) is 49.3 Å². The van der Waals surface area contributed by atoms with Crippen LogP contribution in [0.3, 0.4) is 0 Å². The van der Waals surface area contributed by atoms with Crippen molar-refractivity contribution >= 4 is 11.7 Å². The van der Waals surface area contributed by atoms with Crippen molar-refractivity contribution in [2.24, 2.45) is 0 Å². The number of hydrogen-bond donors (Lipinski definition) is 1. The number of likely N-dealkylation sites (tertiary alicyclic amines) is 1. The molecule has 154 valence electrons. The minimum atomic E-state index is 0.198. The molecule has 4 rings (SSSR count). The minimum absolute atomic E-state index is 0.198. The highest BCUT2D eigenvalue weighted by molar-refractivity contribution is 5.79. The van der Waals surface area contributed by atoms with Gasteiger partial charge in [-0.25, -0.2) is 9.97 Å². The maximum atomic E-state index is 12.8. The van der Waals surface area contributed by atoms with E-state index in [9.17, 15) is 4.79 Å². The van der Waals surface area contributed by atoms with Gasteiger partial charge >= 0.3 is 0 Å². The highest BCUT2D eigenvalue weighted by Gasteiger charge is 2.31. The fourth-order valence-electron chi connectivity index (χ4n) is 4.35. The molecule has 6 nitrogen and oxygen atoms in total. The van der Waals surface area contributed by atoms with E-state index in [-0.39, 0.29) is 11.8 Å². The summed E-state index contributed by atoms with van der Waals surface area (Å²) in [7, 11) is 4.06. The van der Waals surface area contributed by atoms with Crippen molar-refractivity contribution in [2.75, 3.05) is 39.0 Å². The van der Waals surface area contributed by atoms with Crippen LogP contribution in [0.2, 0.25) is 0 Å². The SMILES string of the molecule is CNc1nc([C@H]2CCN(C(=O)Cc3ccc(C)c(C)c3)C2)nc2c1CN(C)CC2. The summed E-state index contributed by atoms with van der Waals surface area (Å²) in [5.74, 6) is 2.25. The van der Waals surface area contributed by atoms with Crippen molar-refractivity contribution in [3.8, 4) is 0 Å². The van der Waals surface area contributed by atoms with Crippen LogP contribution in [0.4, 0.5) is 5.82 Å². The first-order valence-corrected chi connectivity index (χ1v) is 10.5. The third kappa shape index (κ3) is 4.13. The summed E-state index contributed by atoms with van der Waals surface area (Å²) >= 11 is 0. The first kappa shape index (κ1) is 19.8. The molecule has 1 aromatic carbocycles. The zero-order chi connectivity index (χ0) is 20.5. The molecular formula is C23H31N5O. The van der Waals surface area contributed by atoms with Crippen LogP contribution in [0.1, 0.15) is 46.1 Å². The molecule has 1 fully saturated rings. The van der Waals surface area contributed by atoms with Gasteiger partial charge in [-0.05, 0) is 44.0 Å². The van der Waals surface area contributed by atoms with Gasteiger partial charge < -0.3 is 15.1 Å². The lowest BCUT2D eigenvalue weighted by atomic mass is 10.0. The number of fused-ring (bicyclic) bond motifs is 1. The summed E-state index contributed by atoms with van der Waals surface area (Å²) in [6, 6.07) is 6.29. The maximum Gasteiger partial charge on any atom is 0.227 e. The standard InChI is InChI=1S/C23H31N5O/c1-15-5-6-17(11-16(15)2)12-21(29)28-10-7-18(13-28)22-25-20-8-9-27(4)14-19(20)23(24-3)26-22/h5-6,11,18H,7-10,12-14H2,1-4H3,(H,24,25,26)/t18-/m0/s1. The van der Waals surface area contributed by atoms with Crippen molar-refractivity contribution in [1.29, 1.82) is 0 Å². The predicted molar refractivity (Wildman–Crippen MR) is 115 cm³/mol. The molecule has 6 heteroatoms. The molecule has 1 amide bonds. The fourth-order valence-corrected chi connectivity index (χ4v) is 4.35. The number of nitrogens with zero attached hydrogens (tertiary/aromatic N) is 4. The van der Waals surface area contributed by atoms with Crippen LogP contribution < -0.4 is 5.32 Å². The van der Waals surface area contributed by atoms with Gasteiger partial charge in [0.15, 0.2) is 0 Å². The summed E-state index contributed by atoms with van der Waals surface area (Å²) in [6.07, 6.45) is 2.35. The second-order valence-corrected chi connectivity index (χ2v) is 8.51. The highest BCUT2D eigenvalue weighted by Crippen LogP contribution is 2.30. The number of carbonyl (C=O) groups excluding carboxylic acids is 1. The second kappa shape index (κ2) is 8.11. The summed E-state index contributed by atoms with van der Waals surface area (Å²) in [4.78, 5) is 26.9. The van der Waals surface area contributed by atoms with E-state index >= 15 is 0 Å². The van der Waals surface area contributed by atoms with Crippen LogP contribution in [0.25, 0.3) is 0 Å². The quantitative estimate of drug-likeness (QED) is 0.865. The van der Waals surface area contributed by atoms with E-state index in [0.717, 1.165) is 55.4 Å². The predicted octanol–water partition coefficient (Wildman–Crippen LogP) is 2.68. The van der Waals surface area contributed by atoms with Crippen LogP contribution in [0.5, 0.6) is 0 Å². The van der Waals surface area contributed by atoms with Gasteiger partial charge in [-0.1, -0.05) is 18.2 Å². The van der Waals surface area contributed by atoms with Crippen LogP contribution in [0.15, 0.2) is 18.2 Å². The first-order valence-electron chi connectivity index (χ1n) is 10.5. The lowest BCUT2D eigenvalue weighted by molar-refractivity contribution is -0.129. The van der Waals surface area contributed by atoms with Gasteiger partial charge in [0.25, 0.3) is 0 Å². The average Bonchev–Trinajstić information content (AvgIpc) is 3.20. The molecule has 2 aromatic rings. The Morgan fingerprint density at radius 2 is 2.03 bits per heavy atom. The molecule has 0 bridgehead atoms. The Morgan fingerprint density at radius 1 is 1.21 bits per heavy atom. The summed E-state index contributed by atoms with van der Waals surface area (Å²) in [5.41, 5.74) is 5.97. The molecule has 1 saturated heterocycles. The molecule has 29 heavy (non-hydrogen) atoms. The Hall–Kier alpha value is -2.47. The van der Waals surface area contributed by atoms with Gasteiger partial charge in [-0.2, -0.15) is 0 Å². The Kier molecular flexibility index (Phi) is 5.54. The van der Waals surface area contributed by atoms with Gasteiger partial charge in [0.1, 0.15) is 11.6 Å². The molecule has 1 aromatic heterocycles. The topological polar surface area (TPSA) is 61.4 Å². The van der Waals surface area contributed by atoms with Crippen molar-refractivity contribution in [2.45, 2.75) is 45.6 Å². The lowest BCUT2D eigenvalue weighted by Crippen LogP contribution is -2.31. The Labute approximate surface area is 173 Å². The van der Waals surface area contributed by atoms with E-state index in [4.69, 9.17) is 9.97 Å². The van der Waals surface area contributed by atoms with E-state index in [1.165, 1.54) is 16.7 Å². The highest BCUT2D eigenvalue weighted by atomic mass is 16.2. The van der Waals surface area contributed by atoms with Crippen molar-refractivity contribution < 1.29 is 4.79 Å². The van der Waals surface area contributed by atoms with Gasteiger partial charge in [-0.15, -0.1) is 0 Å². The zero-order valence-corrected chi connectivity index (χ0v) is 18.0. The number of anilines is 1. The van der Waals surface area contributed by atoms with Crippen molar-refractivity contribution in [3.05, 3.63) is 52.0 Å². The molecule has 0 aliphatic carbocycles. The van der Waals surface area contributed by atoms with E-state index in [0.29, 0.717) is 13.0 Å². The molecule has 2 aliphatic rings. The molecule has 0 unspecified atom stereocenters. The number of nitrogens with one attached hydrogen (secondary N) is 1. The van der Waals surface area contributed by atoms with Crippen molar-refractivity contribution in [3.63, 3.8) is 0 Å². The molecular weight excluding hydrogens is 362 g/mol. The number of carbonyl (C=O) groups is 1. The number of rotatable bonds is 4. The third-order valence-electron chi connectivity index (χ3n) is 6.34. The molecule has 0 saturated carbocycles. The molecule has 0 spiro atoms. The number of hydrogen-bond acceptors (Lipinski definition) is 5. The molecule has 3 heterocycles. The Bertz CT molecular complexity index is 908. The van der Waals surface area contributed by atoms with Gasteiger partial charge in [0, 0.05) is 51.1 Å². The minimum Gasteiger partial charge on any atom is -0.373 e. The van der Waals surface area contributed by atoms with Crippen LogP contribution in [-0.4, -0.2) is 59.4 Å². The van der Waals surface area contributed by atoms with E-state index in [1.54, 1.807) is 0 Å². The number of aryl methyl sites for hydroxylation is 2. The van der Waals surface area contributed by atoms with Crippen molar-refractivity contribution in [1.82, 2.24) is 19.8 Å². The molecule has 1 N–H and O–H groups in total. The second-order valence-electron chi connectivity index (χ2n) is 8.51. The van der Waals surface area contributed by atoms with Gasteiger partial charge in [0.05, 0.1) is 12.1 Å². The number of aromatic nitrogens is 2. The maximum absolute atomic E-state index is 12.8. The first-order chi connectivity index (χ1) is 13.9. The number of benzene rings is 1. The van der Waals surface area contributed by atoms with E-state index in [1.807, 2.05) is 11.9 Å². The largest absolute Gasteiger partial charge is 0.373 e. The molecule has 2 aliphatic heterocycles. The third-order valence-corrected chi connectivity index (χ3v) is 6.34. The summed E-state index contributed by atoms with van der Waals surface area (Å²) in [5, 5.41) is 3.26. The van der Waals surface area contributed by atoms with Crippen LogP contribution >= 0.6 is 0 Å².